The first kappa shape index (κ1) is 16.6. The summed E-state index contributed by atoms with van der Waals surface area (Å²) in [7, 11) is 1.60. The molecule has 0 aliphatic heterocycles. The Hall–Kier alpha value is -1.78. The van der Waals surface area contributed by atoms with Gasteiger partial charge in [-0.2, -0.15) is 11.8 Å². The summed E-state index contributed by atoms with van der Waals surface area (Å²) in [6.45, 7) is 0.116. The number of hydrogen-bond acceptors (Lipinski definition) is 4. The van der Waals surface area contributed by atoms with Gasteiger partial charge in [-0.15, -0.1) is 0 Å². The number of ether oxygens (including phenoxy) is 1. The van der Waals surface area contributed by atoms with Crippen molar-refractivity contribution in [3.63, 3.8) is 0 Å². The van der Waals surface area contributed by atoms with Crippen LogP contribution in [0.1, 0.15) is 27.6 Å². The predicted molar refractivity (Wildman–Crippen MR) is 90.7 cm³/mol. The highest BCUT2D eigenvalue weighted by atomic mass is 32.2. The monoisotopic (exact) mass is 316 g/mol. The van der Waals surface area contributed by atoms with E-state index in [2.05, 4.69) is 0 Å². The molecule has 0 aromatic heterocycles. The molecule has 0 fully saturated rings. The Morgan fingerprint density at radius 3 is 2.41 bits per heavy atom. The minimum Gasteiger partial charge on any atom is -0.497 e. The molecule has 0 aliphatic carbocycles. The van der Waals surface area contributed by atoms with Crippen molar-refractivity contribution in [2.75, 3.05) is 19.5 Å². The lowest BCUT2D eigenvalue weighted by atomic mass is 10.0. The SMILES string of the molecule is COc1ccc(C(=O)CC(SCCO)c2ccccc2)cc1. The molecule has 3 nitrogen and oxygen atoms in total. The molecule has 0 bridgehead atoms. The third-order valence-electron chi connectivity index (χ3n) is 3.36. The van der Waals surface area contributed by atoms with Gasteiger partial charge in [0.25, 0.3) is 0 Å². The number of carbonyl (C=O) groups excluding carboxylic acids is 1. The molecule has 2 aromatic carbocycles. The highest BCUT2D eigenvalue weighted by molar-refractivity contribution is 7.99. The van der Waals surface area contributed by atoms with Gasteiger partial charge in [-0.05, 0) is 29.8 Å². The van der Waals surface area contributed by atoms with Crippen molar-refractivity contribution in [1.82, 2.24) is 0 Å². The lowest BCUT2D eigenvalue weighted by Crippen LogP contribution is -2.06. The van der Waals surface area contributed by atoms with Gasteiger partial charge < -0.3 is 9.84 Å². The van der Waals surface area contributed by atoms with Crippen LogP contribution in [-0.4, -0.2) is 30.4 Å². The molecular formula is C18H20O3S. The van der Waals surface area contributed by atoms with E-state index in [4.69, 9.17) is 9.84 Å². The van der Waals surface area contributed by atoms with Gasteiger partial charge in [0.1, 0.15) is 5.75 Å². The number of methoxy groups -OCH3 is 1. The van der Waals surface area contributed by atoms with E-state index < -0.39 is 0 Å². The number of Topliss-reactive ketones (excluding diaryl/α,β-unsaturated/α-hetero) is 1. The van der Waals surface area contributed by atoms with Gasteiger partial charge in [0.2, 0.25) is 0 Å². The zero-order valence-corrected chi connectivity index (χ0v) is 13.4. The number of aliphatic hydroxyl groups is 1. The number of thioether (sulfide) groups is 1. The van der Waals surface area contributed by atoms with Crippen molar-refractivity contribution in [3.05, 3.63) is 65.7 Å². The molecule has 0 saturated carbocycles. The van der Waals surface area contributed by atoms with E-state index in [-0.39, 0.29) is 17.6 Å². The Balaban J connectivity index is 2.10. The van der Waals surface area contributed by atoms with Crippen LogP contribution in [0.2, 0.25) is 0 Å². The molecule has 0 aliphatic rings. The minimum absolute atomic E-state index is 0.0583. The second-order valence-electron chi connectivity index (χ2n) is 4.85. The number of carbonyl (C=O) groups is 1. The molecule has 2 aromatic rings. The topological polar surface area (TPSA) is 46.5 Å². The Morgan fingerprint density at radius 1 is 1.14 bits per heavy atom. The van der Waals surface area contributed by atoms with Crippen molar-refractivity contribution in [2.45, 2.75) is 11.7 Å². The van der Waals surface area contributed by atoms with E-state index in [1.807, 2.05) is 30.3 Å². The molecule has 22 heavy (non-hydrogen) atoms. The van der Waals surface area contributed by atoms with Crippen LogP contribution in [0.4, 0.5) is 0 Å². The number of hydrogen-bond donors (Lipinski definition) is 1. The van der Waals surface area contributed by atoms with Gasteiger partial charge in [-0.3, -0.25) is 4.79 Å². The average Bonchev–Trinajstić information content (AvgIpc) is 2.59. The second kappa shape index (κ2) is 8.61. The zero-order valence-electron chi connectivity index (χ0n) is 12.6. The Morgan fingerprint density at radius 2 is 1.82 bits per heavy atom. The van der Waals surface area contributed by atoms with Crippen molar-refractivity contribution in [1.29, 1.82) is 0 Å². The largest absolute Gasteiger partial charge is 0.497 e. The van der Waals surface area contributed by atoms with Gasteiger partial charge in [-0.25, -0.2) is 0 Å². The van der Waals surface area contributed by atoms with Gasteiger partial charge in [0, 0.05) is 23.0 Å². The van der Waals surface area contributed by atoms with Crippen LogP contribution in [0.25, 0.3) is 0 Å². The number of aliphatic hydroxyl groups excluding tert-OH is 1. The summed E-state index contributed by atoms with van der Waals surface area (Å²) >= 11 is 1.61. The molecular weight excluding hydrogens is 296 g/mol. The van der Waals surface area contributed by atoms with E-state index >= 15 is 0 Å². The van der Waals surface area contributed by atoms with Gasteiger partial charge in [0.15, 0.2) is 5.78 Å². The molecule has 2 rings (SSSR count). The van der Waals surface area contributed by atoms with Crippen molar-refractivity contribution < 1.29 is 14.6 Å². The first-order chi connectivity index (χ1) is 10.7. The maximum Gasteiger partial charge on any atom is 0.164 e. The molecule has 0 radical (unpaired) electrons. The summed E-state index contributed by atoms with van der Waals surface area (Å²) < 4.78 is 5.11. The summed E-state index contributed by atoms with van der Waals surface area (Å²) in [4.78, 5) is 12.5. The summed E-state index contributed by atoms with van der Waals surface area (Å²) in [5.74, 6) is 1.46. The third kappa shape index (κ3) is 4.61. The molecule has 1 atom stereocenters. The van der Waals surface area contributed by atoms with Gasteiger partial charge >= 0.3 is 0 Å². The van der Waals surface area contributed by atoms with Crippen molar-refractivity contribution >= 4 is 17.5 Å². The van der Waals surface area contributed by atoms with Crippen LogP contribution in [0.5, 0.6) is 5.75 Å². The van der Waals surface area contributed by atoms with Crippen molar-refractivity contribution in [2.24, 2.45) is 0 Å². The van der Waals surface area contributed by atoms with Crippen LogP contribution in [-0.2, 0) is 0 Å². The quantitative estimate of drug-likeness (QED) is 0.754. The second-order valence-corrected chi connectivity index (χ2v) is 6.16. The highest BCUT2D eigenvalue weighted by Crippen LogP contribution is 2.33. The summed E-state index contributed by atoms with van der Waals surface area (Å²) in [6.07, 6.45) is 0.418. The summed E-state index contributed by atoms with van der Waals surface area (Å²) in [6, 6.07) is 17.1. The Labute approximate surface area is 135 Å². The van der Waals surface area contributed by atoms with E-state index in [1.165, 1.54) is 0 Å². The van der Waals surface area contributed by atoms with E-state index in [1.54, 1.807) is 43.1 Å². The Bertz CT molecular complexity index is 581. The van der Waals surface area contributed by atoms with Crippen molar-refractivity contribution in [3.8, 4) is 5.75 Å². The summed E-state index contributed by atoms with van der Waals surface area (Å²) in [5.41, 5.74) is 1.80. The maximum atomic E-state index is 12.5. The van der Waals surface area contributed by atoms with Gasteiger partial charge in [0.05, 0.1) is 13.7 Å². The van der Waals surface area contributed by atoms with Gasteiger partial charge in [-0.1, -0.05) is 30.3 Å². The first-order valence-corrected chi connectivity index (χ1v) is 8.24. The average molecular weight is 316 g/mol. The molecule has 0 heterocycles. The Kier molecular flexibility index (Phi) is 6.49. The molecule has 0 amide bonds. The number of benzene rings is 2. The van der Waals surface area contributed by atoms with Crippen LogP contribution in [0, 0.1) is 0 Å². The molecule has 116 valence electrons. The first-order valence-electron chi connectivity index (χ1n) is 7.19. The molecule has 0 saturated heterocycles. The maximum absolute atomic E-state index is 12.5. The number of rotatable bonds is 8. The third-order valence-corrected chi connectivity index (χ3v) is 4.62. The fourth-order valence-corrected chi connectivity index (χ4v) is 3.21. The smallest absolute Gasteiger partial charge is 0.164 e. The van der Waals surface area contributed by atoms with E-state index in [0.29, 0.717) is 17.7 Å². The standard InChI is InChI=1S/C18H20O3S/c1-21-16-9-7-14(8-10-16)17(20)13-18(22-12-11-19)15-5-3-2-4-6-15/h2-10,18-19H,11-13H2,1H3. The molecule has 1 N–H and O–H groups in total. The lowest BCUT2D eigenvalue weighted by molar-refractivity contribution is 0.0982. The highest BCUT2D eigenvalue weighted by Gasteiger charge is 2.17. The fourth-order valence-electron chi connectivity index (χ4n) is 2.20. The fraction of sp³-hybridized carbons (Fsp3) is 0.278. The molecule has 0 spiro atoms. The normalized spacial score (nSPS) is 11.9. The van der Waals surface area contributed by atoms with Crippen LogP contribution >= 0.6 is 11.8 Å². The van der Waals surface area contributed by atoms with E-state index in [9.17, 15) is 4.79 Å². The zero-order chi connectivity index (χ0) is 15.8. The molecule has 1 unspecified atom stereocenters. The van der Waals surface area contributed by atoms with E-state index in [0.717, 1.165) is 11.3 Å². The van der Waals surface area contributed by atoms with Crippen LogP contribution < -0.4 is 4.74 Å². The minimum atomic E-state index is 0.0583. The molecule has 4 heteroatoms. The predicted octanol–water partition coefficient (Wildman–Crippen LogP) is 3.73. The number of ketones is 1. The summed E-state index contributed by atoms with van der Waals surface area (Å²) in [5, 5.41) is 9.11. The van der Waals surface area contributed by atoms with Crippen LogP contribution in [0.15, 0.2) is 54.6 Å². The van der Waals surface area contributed by atoms with Crippen LogP contribution in [0.3, 0.4) is 0 Å². The lowest BCUT2D eigenvalue weighted by Gasteiger charge is -2.16.